The second-order valence-corrected chi connectivity index (χ2v) is 6.46. The lowest BCUT2D eigenvalue weighted by molar-refractivity contribution is -0.384. The van der Waals surface area contributed by atoms with Crippen LogP contribution in [0.5, 0.6) is 0 Å². The molecule has 3 rings (SSSR count). The molecular formula is C12H10N6O3S2. The molecule has 3 aromatic rings. The quantitative estimate of drug-likeness (QED) is 0.425. The van der Waals surface area contributed by atoms with Gasteiger partial charge in [-0.25, -0.2) is 4.98 Å². The van der Waals surface area contributed by atoms with E-state index in [1.54, 1.807) is 24.0 Å². The maximum atomic E-state index is 11.9. The van der Waals surface area contributed by atoms with Crippen LogP contribution in [0.15, 0.2) is 29.7 Å². The van der Waals surface area contributed by atoms with Crippen LogP contribution in [0.2, 0.25) is 0 Å². The maximum Gasteiger partial charge on any atom is 0.271 e. The summed E-state index contributed by atoms with van der Waals surface area (Å²) in [5, 5.41) is 22.1. The number of aromatic nitrogens is 4. The van der Waals surface area contributed by atoms with Gasteiger partial charge in [-0.15, -0.1) is 10.2 Å². The van der Waals surface area contributed by atoms with E-state index in [2.05, 4.69) is 20.5 Å². The number of anilines is 1. The first-order valence-corrected chi connectivity index (χ1v) is 8.15. The van der Waals surface area contributed by atoms with Gasteiger partial charge in [0.25, 0.3) is 5.69 Å². The molecule has 0 aliphatic heterocycles. The van der Waals surface area contributed by atoms with E-state index < -0.39 is 4.92 Å². The molecule has 2 heterocycles. The number of hydrogen-bond donors (Lipinski definition) is 1. The smallest absolute Gasteiger partial charge is 0.271 e. The van der Waals surface area contributed by atoms with Crippen LogP contribution in [0.25, 0.3) is 10.2 Å². The minimum atomic E-state index is -0.478. The monoisotopic (exact) mass is 350 g/mol. The lowest BCUT2D eigenvalue weighted by Gasteiger charge is -2.00. The zero-order valence-corrected chi connectivity index (χ0v) is 13.4. The van der Waals surface area contributed by atoms with Gasteiger partial charge in [0.1, 0.15) is 6.33 Å². The van der Waals surface area contributed by atoms with Crippen LogP contribution >= 0.6 is 23.1 Å². The molecule has 1 aromatic carbocycles. The Morgan fingerprint density at radius 1 is 1.52 bits per heavy atom. The molecule has 1 amide bonds. The molecule has 1 N–H and O–H groups in total. The van der Waals surface area contributed by atoms with E-state index in [1.165, 1.54) is 35.2 Å². The van der Waals surface area contributed by atoms with Crippen LogP contribution in [0.3, 0.4) is 0 Å². The van der Waals surface area contributed by atoms with Gasteiger partial charge in [0.15, 0.2) is 10.3 Å². The lowest BCUT2D eigenvalue weighted by atomic mass is 10.3. The maximum absolute atomic E-state index is 11.9. The molecule has 0 atom stereocenters. The van der Waals surface area contributed by atoms with Crippen LogP contribution in [0.1, 0.15) is 0 Å². The van der Waals surface area contributed by atoms with Gasteiger partial charge in [-0.2, -0.15) is 0 Å². The second kappa shape index (κ2) is 6.30. The molecule has 0 spiro atoms. The Hall–Kier alpha value is -2.53. The van der Waals surface area contributed by atoms with Gasteiger partial charge in [0.2, 0.25) is 5.91 Å². The van der Waals surface area contributed by atoms with Crippen molar-refractivity contribution in [3.8, 4) is 0 Å². The normalized spacial score (nSPS) is 10.8. The van der Waals surface area contributed by atoms with E-state index in [0.29, 0.717) is 15.8 Å². The highest BCUT2D eigenvalue weighted by atomic mass is 32.2. The molecule has 0 aliphatic carbocycles. The predicted molar refractivity (Wildman–Crippen MR) is 86.6 cm³/mol. The van der Waals surface area contributed by atoms with Crippen molar-refractivity contribution in [3.05, 3.63) is 34.6 Å². The van der Waals surface area contributed by atoms with E-state index in [1.807, 2.05) is 0 Å². The Morgan fingerprint density at radius 3 is 3.04 bits per heavy atom. The average molecular weight is 350 g/mol. The number of rotatable bonds is 5. The number of carbonyl (C=O) groups excluding carboxylic acids is 1. The highest BCUT2D eigenvalue weighted by Gasteiger charge is 2.13. The van der Waals surface area contributed by atoms with E-state index in [4.69, 9.17) is 0 Å². The number of aryl methyl sites for hydroxylation is 1. The number of benzene rings is 1. The second-order valence-electron chi connectivity index (χ2n) is 4.49. The van der Waals surface area contributed by atoms with Gasteiger partial charge in [-0.1, -0.05) is 23.1 Å². The van der Waals surface area contributed by atoms with Crippen LogP contribution in [0.4, 0.5) is 10.8 Å². The van der Waals surface area contributed by atoms with Crippen molar-refractivity contribution in [2.45, 2.75) is 5.16 Å². The first kappa shape index (κ1) is 15.4. The number of fused-ring (bicyclic) bond motifs is 1. The number of nitro groups is 1. The number of hydrogen-bond acceptors (Lipinski definition) is 8. The standard InChI is InChI=1S/C12H10N6O3S2/c1-17-6-13-16-12(17)22-5-10(19)15-11-14-8-4-7(18(20)21)2-3-9(8)23-11/h2-4,6H,5H2,1H3,(H,14,15,19). The number of carbonyl (C=O) groups is 1. The van der Waals surface area contributed by atoms with Crippen molar-refractivity contribution in [2.24, 2.45) is 7.05 Å². The van der Waals surface area contributed by atoms with E-state index >= 15 is 0 Å². The lowest BCUT2D eigenvalue weighted by Crippen LogP contribution is -2.14. The molecule has 0 saturated heterocycles. The van der Waals surface area contributed by atoms with Crippen LogP contribution in [-0.2, 0) is 11.8 Å². The zero-order valence-electron chi connectivity index (χ0n) is 11.8. The van der Waals surface area contributed by atoms with Gasteiger partial charge >= 0.3 is 0 Å². The van der Waals surface area contributed by atoms with Crippen molar-refractivity contribution >= 4 is 50.0 Å². The summed E-state index contributed by atoms with van der Waals surface area (Å²) in [6, 6.07) is 4.42. The number of nitrogens with zero attached hydrogens (tertiary/aromatic N) is 5. The SMILES string of the molecule is Cn1cnnc1SCC(=O)Nc1nc2cc([N+](=O)[O-])ccc2s1. The molecule has 9 nitrogen and oxygen atoms in total. The van der Waals surface area contributed by atoms with Crippen molar-refractivity contribution in [3.63, 3.8) is 0 Å². The van der Waals surface area contributed by atoms with Crippen molar-refractivity contribution in [1.82, 2.24) is 19.7 Å². The molecule has 0 bridgehead atoms. The molecular weight excluding hydrogens is 340 g/mol. The fraction of sp³-hybridized carbons (Fsp3) is 0.167. The number of thiazole rings is 1. The average Bonchev–Trinajstić information content (AvgIpc) is 3.09. The van der Waals surface area contributed by atoms with E-state index in [-0.39, 0.29) is 17.3 Å². The van der Waals surface area contributed by atoms with Crippen molar-refractivity contribution in [1.29, 1.82) is 0 Å². The van der Waals surface area contributed by atoms with Crippen LogP contribution in [0, 0.1) is 10.1 Å². The van der Waals surface area contributed by atoms with Gasteiger partial charge in [0, 0.05) is 19.2 Å². The summed E-state index contributed by atoms with van der Waals surface area (Å²) in [5.41, 5.74) is 0.457. The summed E-state index contributed by atoms with van der Waals surface area (Å²) >= 11 is 2.52. The molecule has 0 aliphatic rings. The highest BCUT2D eigenvalue weighted by Crippen LogP contribution is 2.29. The summed E-state index contributed by atoms with van der Waals surface area (Å²) in [4.78, 5) is 26.4. The third-order valence-electron chi connectivity index (χ3n) is 2.83. The number of nitro benzene ring substituents is 1. The van der Waals surface area contributed by atoms with Crippen molar-refractivity contribution in [2.75, 3.05) is 11.1 Å². The van der Waals surface area contributed by atoms with Gasteiger partial charge in [-0.3, -0.25) is 14.9 Å². The summed E-state index contributed by atoms with van der Waals surface area (Å²) in [7, 11) is 1.79. The van der Waals surface area contributed by atoms with Crippen LogP contribution in [-0.4, -0.2) is 36.3 Å². The molecule has 0 radical (unpaired) electrons. The number of non-ortho nitro benzene ring substituents is 1. The minimum absolute atomic E-state index is 0.0292. The first-order chi connectivity index (χ1) is 11.0. The summed E-state index contributed by atoms with van der Waals surface area (Å²) in [6.45, 7) is 0. The van der Waals surface area contributed by atoms with E-state index in [9.17, 15) is 14.9 Å². The molecule has 23 heavy (non-hydrogen) atoms. The molecule has 118 valence electrons. The molecule has 2 aromatic heterocycles. The molecule has 0 unspecified atom stereocenters. The van der Waals surface area contributed by atoms with Gasteiger partial charge in [0.05, 0.1) is 20.9 Å². The highest BCUT2D eigenvalue weighted by molar-refractivity contribution is 7.99. The third-order valence-corrected chi connectivity index (χ3v) is 4.82. The molecule has 0 fully saturated rings. The number of nitrogens with one attached hydrogen (secondary N) is 1. The van der Waals surface area contributed by atoms with Gasteiger partial charge < -0.3 is 9.88 Å². The Labute approximate surface area is 137 Å². The largest absolute Gasteiger partial charge is 0.312 e. The fourth-order valence-corrected chi connectivity index (χ4v) is 3.32. The molecule has 0 saturated carbocycles. The Bertz CT molecular complexity index is 890. The third kappa shape index (κ3) is 3.46. The zero-order chi connectivity index (χ0) is 16.4. The fourth-order valence-electron chi connectivity index (χ4n) is 1.77. The summed E-state index contributed by atoms with van der Waals surface area (Å²) in [5.74, 6) is -0.0608. The first-order valence-electron chi connectivity index (χ1n) is 6.34. The minimum Gasteiger partial charge on any atom is -0.312 e. The number of amides is 1. The predicted octanol–water partition coefficient (Wildman–Crippen LogP) is 2.06. The molecule has 11 heteroatoms. The summed E-state index contributed by atoms with van der Waals surface area (Å²) < 4.78 is 2.49. The Morgan fingerprint density at radius 2 is 2.35 bits per heavy atom. The van der Waals surface area contributed by atoms with Crippen molar-refractivity contribution < 1.29 is 9.72 Å². The Kier molecular flexibility index (Phi) is 4.21. The van der Waals surface area contributed by atoms with Gasteiger partial charge in [-0.05, 0) is 6.07 Å². The number of thioether (sulfide) groups is 1. The Balaban J connectivity index is 1.67. The topological polar surface area (TPSA) is 116 Å². The van der Waals surface area contributed by atoms with Crippen LogP contribution < -0.4 is 5.32 Å². The summed E-state index contributed by atoms with van der Waals surface area (Å²) in [6.07, 6.45) is 1.56. The van der Waals surface area contributed by atoms with E-state index in [0.717, 1.165) is 4.70 Å².